The van der Waals surface area contributed by atoms with Crippen molar-refractivity contribution < 1.29 is 14.3 Å². The lowest BCUT2D eigenvalue weighted by atomic mass is 10.2. The van der Waals surface area contributed by atoms with Crippen LogP contribution in [-0.4, -0.2) is 25.1 Å². The molecule has 0 aliphatic rings. The minimum atomic E-state index is -0.567. The van der Waals surface area contributed by atoms with Crippen LogP contribution >= 0.6 is 11.6 Å². The van der Waals surface area contributed by atoms with Gasteiger partial charge in [-0.25, -0.2) is 4.79 Å². The Morgan fingerprint density at radius 3 is 2.79 bits per heavy atom. The van der Waals surface area contributed by atoms with Gasteiger partial charge in [-0.15, -0.1) is 11.6 Å². The summed E-state index contributed by atoms with van der Waals surface area (Å²) in [4.78, 5) is 11.1. The highest BCUT2D eigenvalue weighted by atomic mass is 35.5. The molecule has 0 saturated heterocycles. The maximum absolute atomic E-state index is 11.1. The van der Waals surface area contributed by atoms with Crippen LogP contribution in [0.5, 0.6) is 0 Å². The number of benzene rings is 1. The topological polar surface area (TPSA) is 35.5 Å². The normalized spacial score (nSPS) is 9.95. The lowest BCUT2D eigenvalue weighted by molar-refractivity contribution is -0.135. The van der Waals surface area contributed by atoms with Crippen LogP contribution in [0.15, 0.2) is 42.5 Å². The van der Waals surface area contributed by atoms with Gasteiger partial charge in [0.05, 0.1) is 6.61 Å². The Bertz CT molecular complexity index is 457. The van der Waals surface area contributed by atoms with E-state index in [1.54, 1.807) is 12.2 Å². The molecule has 0 amide bonds. The van der Waals surface area contributed by atoms with E-state index < -0.39 is 5.97 Å². The van der Waals surface area contributed by atoms with Gasteiger partial charge in [-0.3, -0.25) is 0 Å². The number of ether oxygens (including phenoxy) is 2. The Hall–Kier alpha value is -1.76. The smallest absolute Gasteiger partial charge is 0.384 e. The Balaban J connectivity index is 2.13. The van der Waals surface area contributed by atoms with Crippen LogP contribution in [0.4, 0.5) is 0 Å². The van der Waals surface area contributed by atoms with Gasteiger partial charge in [0.1, 0.15) is 13.2 Å². The first-order valence-corrected chi connectivity index (χ1v) is 6.34. The summed E-state index contributed by atoms with van der Waals surface area (Å²) in [5.41, 5.74) is 1.07. The predicted octanol–water partition coefficient (Wildman–Crippen LogP) is 2.54. The molecule has 100 valence electrons. The Morgan fingerprint density at radius 1 is 1.26 bits per heavy atom. The molecule has 0 N–H and O–H groups in total. The summed E-state index contributed by atoms with van der Waals surface area (Å²) >= 11 is 5.41. The van der Waals surface area contributed by atoms with Crippen molar-refractivity contribution in [1.82, 2.24) is 0 Å². The molecule has 0 unspecified atom stereocenters. The maximum atomic E-state index is 11.1. The van der Waals surface area contributed by atoms with E-state index in [0.717, 1.165) is 5.56 Å². The molecule has 0 radical (unpaired) electrons. The second-order valence-corrected chi connectivity index (χ2v) is 3.81. The zero-order valence-corrected chi connectivity index (χ0v) is 11.2. The van der Waals surface area contributed by atoms with Crippen molar-refractivity contribution in [3.8, 4) is 11.8 Å². The van der Waals surface area contributed by atoms with Crippen LogP contribution in [0, 0.1) is 11.8 Å². The second-order valence-electron chi connectivity index (χ2n) is 3.50. The molecule has 1 aromatic carbocycles. The highest BCUT2D eigenvalue weighted by molar-refractivity contribution is 6.18. The number of esters is 1. The van der Waals surface area contributed by atoms with Gasteiger partial charge < -0.3 is 9.47 Å². The van der Waals surface area contributed by atoms with Crippen molar-refractivity contribution in [3.63, 3.8) is 0 Å². The van der Waals surface area contributed by atoms with Crippen molar-refractivity contribution in [2.75, 3.05) is 19.1 Å². The number of carbonyl (C=O) groups is 1. The van der Waals surface area contributed by atoms with E-state index in [1.807, 2.05) is 30.3 Å². The standard InChI is InChI=1S/C15H15ClO3/c16-10-4-5-12-19-15(17)9-6-11-18-13-14-7-2-1-3-8-14/h1-5,7-8H,10-13H2/b5-4-. The van der Waals surface area contributed by atoms with Gasteiger partial charge >= 0.3 is 5.97 Å². The molecular weight excluding hydrogens is 264 g/mol. The Kier molecular flexibility index (Phi) is 8.20. The number of rotatable bonds is 6. The van der Waals surface area contributed by atoms with Crippen LogP contribution in [0.25, 0.3) is 0 Å². The summed E-state index contributed by atoms with van der Waals surface area (Å²) in [6.45, 7) is 0.857. The summed E-state index contributed by atoms with van der Waals surface area (Å²) in [6, 6.07) is 9.75. The first-order chi connectivity index (χ1) is 9.33. The Labute approximate surface area is 118 Å². The maximum Gasteiger partial charge on any atom is 0.384 e. The fourth-order valence-electron chi connectivity index (χ4n) is 1.19. The number of hydrogen-bond acceptors (Lipinski definition) is 3. The van der Waals surface area contributed by atoms with Crippen LogP contribution in [0.3, 0.4) is 0 Å². The van der Waals surface area contributed by atoms with E-state index in [4.69, 9.17) is 21.1 Å². The lowest BCUT2D eigenvalue weighted by Crippen LogP contribution is -2.01. The number of carbonyl (C=O) groups excluding carboxylic acids is 1. The molecule has 3 nitrogen and oxygen atoms in total. The predicted molar refractivity (Wildman–Crippen MR) is 74.7 cm³/mol. The molecule has 0 aliphatic carbocycles. The average Bonchev–Trinajstić information content (AvgIpc) is 2.44. The van der Waals surface area contributed by atoms with Crippen LogP contribution in [0.2, 0.25) is 0 Å². The van der Waals surface area contributed by atoms with E-state index in [-0.39, 0.29) is 13.2 Å². The molecule has 0 spiro atoms. The van der Waals surface area contributed by atoms with E-state index in [1.165, 1.54) is 0 Å². The van der Waals surface area contributed by atoms with Crippen LogP contribution in [0.1, 0.15) is 5.56 Å². The van der Waals surface area contributed by atoms with Gasteiger partial charge in [-0.05, 0) is 5.56 Å². The Morgan fingerprint density at radius 2 is 2.05 bits per heavy atom. The van der Waals surface area contributed by atoms with E-state index >= 15 is 0 Å². The SMILES string of the molecule is O=C(C#CCOCc1ccccc1)OC/C=C\CCl. The number of allylic oxidation sites excluding steroid dienone is 1. The molecule has 1 rings (SSSR count). The molecule has 0 atom stereocenters. The molecule has 0 saturated carbocycles. The summed E-state index contributed by atoms with van der Waals surface area (Å²) < 4.78 is 10.1. The monoisotopic (exact) mass is 278 g/mol. The second kappa shape index (κ2) is 10.2. The summed E-state index contributed by atoms with van der Waals surface area (Å²) in [6.07, 6.45) is 3.36. The highest BCUT2D eigenvalue weighted by Crippen LogP contribution is 1.99. The molecule has 0 heterocycles. The zero-order chi connectivity index (χ0) is 13.8. The van der Waals surface area contributed by atoms with E-state index in [2.05, 4.69) is 11.8 Å². The fourth-order valence-corrected chi connectivity index (χ4v) is 1.32. The van der Waals surface area contributed by atoms with Crippen molar-refractivity contribution in [1.29, 1.82) is 0 Å². The highest BCUT2D eigenvalue weighted by Gasteiger charge is 1.93. The number of alkyl halides is 1. The molecule has 19 heavy (non-hydrogen) atoms. The van der Waals surface area contributed by atoms with Gasteiger partial charge in [0.15, 0.2) is 0 Å². The molecule has 0 aromatic heterocycles. The molecule has 0 bridgehead atoms. The van der Waals surface area contributed by atoms with Gasteiger partial charge in [0, 0.05) is 11.8 Å². The van der Waals surface area contributed by atoms with Gasteiger partial charge in [0.25, 0.3) is 0 Å². The first kappa shape index (κ1) is 15.3. The summed E-state index contributed by atoms with van der Waals surface area (Å²) in [5.74, 6) is 4.77. The van der Waals surface area contributed by atoms with Crippen molar-refractivity contribution in [3.05, 3.63) is 48.0 Å². The van der Waals surface area contributed by atoms with E-state index in [0.29, 0.717) is 12.5 Å². The minimum absolute atomic E-state index is 0.186. The summed E-state index contributed by atoms with van der Waals surface area (Å²) in [5, 5.41) is 0. The number of hydrogen-bond donors (Lipinski definition) is 0. The molecule has 1 aromatic rings. The van der Waals surface area contributed by atoms with Gasteiger partial charge in [-0.2, -0.15) is 0 Å². The molecule has 0 fully saturated rings. The van der Waals surface area contributed by atoms with Crippen LogP contribution in [-0.2, 0) is 20.9 Å². The average molecular weight is 279 g/mol. The van der Waals surface area contributed by atoms with Crippen LogP contribution < -0.4 is 0 Å². The van der Waals surface area contributed by atoms with Gasteiger partial charge in [0.2, 0.25) is 0 Å². The molecule has 4 heteroatoms. The van der Waals surface area contributed by atoms with Crippen molar-refractivity contribution in [2.24, 2.45) is 0 Å². The first-order valence-electron chi connectivity index (χ1n) is 5.81. The number of halogens is 1. The van der Waals surface area contributed by atoms with Gasteiger partial charge in [-0.1, -0.05) is 48.4 Å². The molecular formula is C15H15ClO3. The summed E-state index contributed by atoms with van der Waals surface area (Å²) in [7, 11) is 0. The van der Waals surface area contributed by atoms with Crippen molar-refractivity contribution in [2.45, 2.75) is 6.61 Å². The van der Waals surface area contributed by atoms with E-state index in [9.17, 15) is 4.79 Å². The largest absolute Gasteiger partial charge is 0.452 e. The third-order valence-electron chi connectivity index (χ3n) is 2.04. The fraction of sp³-hybridized carbons (Fsp3) is 0.267. The lowest BCUT2D eigenvalue weighted by Gasteiger charge is -1.99. The third kappa shape index (κ3) is 8.04. The molecule has 0 aliphatic heterocycles. The third-order valence-corrected chi connectivity index (χ3v) is 2.22. The van der Waals surface area contributed by atoms with Crippen molar-refractivity contribution >= 4 is 17.6 Å². The zero-order valence-electron chi connectivity index (χ0n) is 10.5. The minimum Gasteiger partial charge on any atom is -0.452 e. The quantitative estimate of drug-likeness (QED) is 0.200.